The van der Waals surface area contributed by atoms with Gasteiger partial charge in [-0.3, -0.25) is 5.43 Å². The van der Waals surface area contributed by atoms with Gasteiger partial charge in [-0.2, -0.15) is 5.10 Å². The van der Waals surface area contributed by atoms with Crippen LogP contribution in [0.3, 0.4) is 0 Å². The van der Waals surface area contributed by atoms with E-state index in [-0.39, 0.29) is 0 Å². The van der Waals surface area contributed by atoms with E-state index in [9.17, 15) is 0 Å². The number of rotatable bonds is 6. The standard InChI is InChI=1S/C17H17BrClN3O2S/c1-20-17(25)22-21-9-12-7-14(18)16(15(8-12)23-2)24-10-11-3-5-13(19)6-4-11/h3-9H,10H2,1-2H3,(H2,20,22,25)/b21-9+. The lowest BCUT2D eigenvalue weighted by Crippen LogP contribution is -2.28. The maximum absolute atomic E-state index is 5.89. The largest absolute Gasteiger partial charge is 0.493 e. The Kier molecular flexibility index (Phi) is 7.49. The van der Waals surface area contributed by atoms with Gasteiger partial charge in [-0.25, -0.2) is 0 Å². The van der Waals surface area contributed by atoms with Crippen LogP contribution in [0.2, 0.25) is 5.02 Å². The highest BCUT2D eigenvalue weighted by molar-refractivity contribution is 9.10. The van der Waals surface area contributed by atoms with Crippen LogP contribution in [-0.4, -0.2) is 25.5 Å². The summed E-state index contributed by atoms with van der Waals surface area (Å²) in [6.07, 6.45) is 1.64. The van der Waals surface area contributed by atoms with Crippen LogP contribution < -0.4 is 20.2 Å². The van der Waals surface area contributed by atoms with Crippen LogP contribution in [0, 0.1) is 0 Å². The molecular formula is C17H17BrClN3O2S. The number of ether oxygens (including phenoxy) is 2. The van der Waals surface area contributed by atoms with Gasteiger partial charge in [0, 0.05) is 12.1 Å². The summed E-state index contributed by atoms with van der Waals surface area (Å²) in [5.41, 5.74) is 4.53. The first-order chi connectivity index (χ1) is 12.0. The van der Waals surface area contributed by atoms with Crippen LogP contribution in [0.25, 0.3) is 0 Å². The Bertz CT molecular complexity index is 769. The molecule has 132 valence electrons. The van der Waals surface area contributed by atoms with E-state index < -0.39 is 0 Å². The van der Waals surface area contributed by atoms with Crippen LogP contribution in [0.15, 0.2) is 46.0 Å². The molecule has 0 heterocycles. The fourth-order valence-electron chi connectivity index (χ4n) is 1.91. The van der Waals surface area contributed by atoms with E-state index in [0.717, 1.165) is 15.6 Å². The number of nitrogens with one attached hydrogen (secondary N) is 2. The fourth-order valence-corrected chi connectivity index (χ4v) is 2.66. The minimum absolute atomic E-state index is 0.400. The summed E-state index contributed by atoms with van der Waals surface area (Å²) in [7, 11) is 3.31. The topological polar surface area (TPSA) is 54.9 Å². The molecule has 0 saturated heterocycles. The smallest absolute Gasteiger partial charge is 0.186 e. The molecular weight excluding hydrogens is 426 g/mol. The number of hydrogen-bond acceptors (Lipinski definition) is 4. The number of benzene rings is 2. The van der Waals surface area contributed by atoms with Crippen molar-refractivity contribution in [3.63, 3.8) is 0 Å². The summed E-state index contributed by atoms with van der Waals surface area (Å²) in [6.45, 7) is 0.400. The minimum atomic E-state index is 0.400. The van der Waals surface area contributed by atoms with Crippen molar-refractivity contribution in [2.24, 2.45) is 5.10 Å². The maximum atomic E-state index is 5.89. The number of methoxy groups -OCH3 is 1. The SMILES string of the molecule is CNC(=S)N/N=C/c1cc(Br)c(OCc2ccc(Cl)cc2)c(OC)c1. The van der Waals surface area contributed by atoms with Crippen molar-refractivity contribution in [3.05, 3.63) is 57.0 Å². The van der Waals surface area contributed by atoms with Gasteiger partial charge in [0.2, 0.25) is 0 Å². The molecule has 0 amide bonds. The molecule has 0 saturated carbocycles. The molecule has 0 aromatic heterocycles. The normalized spacial score (nSPS) is 10.6. The maximum Gasteiger partial charge on any atom is 0.186 e. The molecule has 0 spiro atoms. The van der Waals surface area contributed by atoms with Crippen molar-refractivity contribution >= 4 is 51.1 Å². The molecule has 2 N–H and O–H groups in total. The fraction of sp³-hybridized carbons (Fsp3) is 0.176. The average Bonchev–Trinajstić information content (AvgIpc) is 2.61. The van der Waals surface area contributed by atoms with E-state index in [1.54, 1.807) is 20.4 Å². The van der Waals surface area contributed by atoms with Crippen LogP contribution in [-0.2, 0) is 6.61 Å². The highest BCUT2D eigenvalue weighted by atomic mass is 79.9. The van der Waals surface area contributed by atoms with Gasteiger partial charge < -0.3 is 14.8 Å². The van der Waals surface area contributed by atoms with Crippen LogP contribution >= 0.6 is 39.7 Å². The third-order valence-electron chi connectivity index (χ3n) is 3.15. The Labute approximate surface area is 165 Å². The third-order valence-corrected chi connectivity index (χ3v) is 4.29. The van der Waals surface area contributed by atoms with Gasteiger partial charge in [0.1, 0.15) is 6.61 Å². The molecule has 2 aromatic rings. The second kappa shape index (κ2) is 9.60. The van der Waals surface area contributed by atoms with E-state index in [4.69, 9.17) is 33.3 Å². The van der Waals surface area contributed by atoms with Gasteiger partial charge in [-0.05, 0) is 63.5 Å². The summed E-state index contributed by atoms with van der Waals surface area (Å²) in [4.78, 5) is 0. The molecule has 2 aromatic carbocycles. The molecule has 0 aliphatic carbocycles. The zero-order valence-electron chi connectivity index (χ0n) is 13.7. The zero-order chi connectivity index (χ0) is 18.2. The highest BCUT2D eigenvalue weighted by Crippen LogP contribution is 2.36. The van der Waals surface area contributed by atoms with Crippen molar-refractivity contribution in [3.8, 4) is 11.5 Å². The predicted molar refractivity (Wildman–Crippen MR) is 109 cm³/mol. The van der Waals surface area contributed by atoms with E-state index in [0.29, 0.717) is 28.2 Å². The monoisotopic (exact) mass is 441 g/mol. The van der Waals surface area contributed by atoms with Gasteiger partial charge in [-0.15, -0.1) is 0 Å². The number of hydrogen-bond donors (Lipinski definition) is 2. The molecule has 8 heteroatoms. The van der Waals surface area contributed by atoms with Gasteiger partial charge >= 0.3 is 0 Å². The van der Waals surface area contributed by atoms with Crippen LogP contribution in [0.4, 0.5) is 0 Å². The summed E-state index contributed by atoms with van der Waals surface area (Å²) < 4.78 is 12.1. The lowest BCUT2D eigenvalue weighted by Gasteiger charge is -2.13. The van der Waals surface area contributed by atoms with Crippen molar-refractivity contribution in [1.82, 2.24) is 10.7 Å². The first-order valence-corrected chi connectivity index (χ1v) is 8.87. The second-order valence-electron chi connectivity index (χ2n) is 4.90. The van der Waals surface area contributed by atoms with E-state index in [2.05, 4.69) is 31.8 Å². The van der Waals surface area contributed by atoms with E-state index >= 15 is 0 Å². The molecule has 2 rings (SSSR count). The Morgan fingerprint density at radius 3 is 2.68 bits per heavy atom. The summed E-state index contributed by atoms with van der Waals surface area (Å²) in [5, 5.41) is 7.95. The van der Waals surface area contributed by atoms with E-state index in [1.165, 1.54) is 0 Å². The van der Waals surface area contributed by atoms with Crippen molar-refractivity contribution < 1.29 is 9.47 Å². The first kappa shape index (κ1) is 19.5. The molecule has 0 atom stereocenters. The molecule has 0 fully saturated rings. The molecule has 0 unspecified atom stereocenters. The van der Waals surface area contributed by atoms with Crippen molar-refractivity contribution in [1.29, 1.82) is 0 Å². The average molecular weight is 443 g/mol. The Balaban J connectivity index is 2.13. The third kappa shape index (κ3) is 5.88. The van der Waals surface area contributed by atoms with E-state index in [1.807, 2.05) is 36.4 Å². The molecule has 0 aliphatic rings. The zero-order valence-corrected chi connectivity index (χ0v) is 16.8. The number of hydrazone groups is 1. The lowest BCUT2D eigenvalue weighted by atomic mass is 10.2. The van der Waals surface area contributed by atoms with Crippen molar-refractivity contribution in [2.75, 3.05) is 14.2 Å². The first-order valence-electron chi connectivity index (χ1n) is 7.29. The van der Waals surface area contributed by atoms with Gasteiger partial charge in [-0.1, -0.05) is 23.7 Å². The lowest BCUT2D eigenvalue weighted by molar-refractivity contribution is 0.282. The molecule has 25 heavy (non-hydrogen) atoms. The Morgan fingerprint density at radius 1 is 1.32 bits per heavy atom. The molecule has 0 aliphatic heterocycles. The Morgan fingerprint density at radius 2 is 2.04 bits per heavy atom. The summed E-state index contributed by atoms with van der Waals surface area (Å²) >= 11 is 14.4. The van der Waals surface area contributed by atoms with Crippen LogP contribution in [0.1, 0.15) is 11.1 Å². The van der Waals surface area contributed by atoms with Crippen molar-refractivity contribution in [2.45, 2.75) is 6.61 Å². The molecule has 0 bridgehead atoms. The predicted octanol–water partition coefficient (Wildman–Crippen LogP) is 4.12. The second-order valence-corrected chi connectivity index (χ2v) is 6.60. The Hall–Kier alpha value is -1.83. The van der Waals surface area contributed by atoms with Gasteiger partial charge in [0.05, 0.1) is 17.8 Å². The molecule has 5 nitrogen and oxygen atoms in total. The number of nitrogens with zero attached hydrogens (tertiary/aromatic N) is 1. The number of thiocarbonyl (C=S) groups is 1. The quantitative estimate of drug-likeness (QED) is 0.400. The minimum Gasteiger partial charge on any atom is -0.493 e. The van der Waals surface area contributed by atoms with Crippen LogP contribution in [0.5, 0.6) is 11.5 Å². The summed E-state index contributed by atoms with van der Waals surface area (Å²) in [6, 6.07) is 11.2. The van der Waals surface area contributed by atoms with Gasteiger partial charge in [0.25, 0.3) is 0 Å². The molecule has 0 radical (unpaired) electrons. The number of halogens is 2. The summed E-state index contributed by atoms with van der Waals surface area (Å²) in [5.74, 6) is 1.22. The van der Waals surface area contributed by atoms with Gasteiger partial charge in [0.15, 0.2) is 16.6 Å². The highest BCUT2D eigenvalue weighted by Gasteiger charge is 2.11.